The molecule has 0 N–H and O–H groups in total. The Morgan fingerprint density at radius 1 is 1.13 bits per heavy atom. The Morgan fingerprint density at radius 2 is 1.87 bits per heavy atom. The lowest BCUT2D eigenvalue weighted by atomic mass is 9.89. The Hall–Kier alpha value is -2.13. The van der Waals surface area contributed by atoms with E-state index in [1.165, 1.54) is 42.4 Å². The molecule has 0 spiro atoms. The molecule has 2 aromatic rings. The molecule has 2 fully saturated rings. The molecule has 9 heteroatoms. The second-order valence-electron chi connectivity index (χ2n) is 8.01. The topological polar surface area (TPSA) is 71.3 Å². The van der Waals surface area contributed by atoms with Crippen LogP contribution in [0, 0.1) is 0 Å². The van der Waals surface area contributed by atoms with E-state index in [0.29, 0.717) is 44.4 Å². The van der Waals surface area contributed by atoms with Crippen molar-refractivity contribution in [1.82, 2.24) is 24.6 Å². The van der Waals surface area contributed by atoms with Crippen LogP contribution in [0.4, 0.5) is 0 Å². The van der Waals surface area contributed by atoms with Crippen LogP contribution in [0.3, 0.4) is 0 Å². The van der Waals surface area contributed by atoms with E-state index in [1.807, 2.05) is 33.4 Å². The number of carbonyl (C=O) groups excluding carboxylic acids is 2. The molecule has 0 aromatic carbocycles. The smallest absolute Gasteiger partial charge is 0.264 e. The van der Waals surface area contributed by atoms with E-state index in [-0.39, 0.29) is 11.8 Å². The minimum absolute atomic E-state index is 0.0595. The molecule has 7 nitrogen and oxygen atoms in total. The van der Waals surface area contributed by atoms with E-state index in [4.69, 9.17) is 0 Å². The Kier molecular flexibility index (Phi) is 7.45. The highest BCUT2D eigenvalue weighted by Gasteiger charge is 2.27. The van der Waals surface area contributed by atoms with Crippen molar-refractivity contribution in [3.63, 3.8) is 0 Å². The first-order valence-electron chi connectivity index (χ1n) is 10.9. The van der Waals surface area contributed by atoms with Gasteiger partial charge in [0, 0.05) is 38.6 Å². The summed E-state index contributed by atoms with van der Waals surface area (Å²) in [7, 11) is 0. The second-order valence-corrected chi connectivity index (χ2v) is 9.90. The molecule has 3 heterocycles. The molecule has 4 rings (SSSR count). The van der Waals surface area contributed by atoms with Crippen molar-refractivity contribution in [1.29, 1.82) is 0 Å². The summed E-state index contributed by atoms with van der Waals surface area (Å²) in [6, 6.07) is 3.74. The fourth-order valence-corrected chi connectivity index (χ4v) is 5.85. The third kappa shape index (κ3) is 5.20. The highest BCUT2D eigenvalue weighted by atomic mass is 32.2. The minimum atomic E-state index is 0.0595. The summed E-state index contributed by atoms with van der Waals surface area (Å²) < 4.78 is 2.12. The van der Waals surface area contributed by atoms with E-state index >= 15 is 0 Å². The lowest BCUT2D eigenvalue weighted by Crippen LogP contribution is -2.51. The summed E-state index contributed by atoms with van der Waals surface area (Å²) in [5, 5.41) is 11.6. The maximum Gasteiger partial charge on any atom is 0.264 e. The quantitative estimate of drug-likeness (QED) is 0.467. The Bertz CT molecular complexity index is 897. The number of rotatable bonds is 7. The molecule has 0 radical (unpaired) electrons. The van der Waals surface area contributed by atoms with Crippen molar-refractivity contribution in [3.8, 4) is 0 Å². The monoisotopic (exact) mass is 459 g/mol. The number of hydrogen-bond acceptors (Lipinski definition) is 6. The van der Waals surface area contributed by atoms with Gasteiger partial charge >= 0.3 is 0 Å². The van der Waals surface area contributed by atoms with Crippen LogP contribution in [0.5, 0.6) is 0 Å². The summed E-state index contributed by atoms with van der Waals surface area (Å²) in [5.41, 5.74) is 0. The molecule has 0 unspecified atom stereocenters. The number of allylic oxidation sites excluding steroid dienone is 1. The largest absolute Gasteiger partial charge is 0.338 e. The molecule has 1 saturated heterocycles. The standard InChI is InChI=1S/C22H29N5O2S2/c1-2-10-27-20(17-7-4-3-5-8-17)23-24-22(27)31-16-19(28)25-11-13-26(14-12-25)21(29)18-9-6-15-30-18/h2,6,9,15,17H,1,3-5,7-8,10-14,16H2. The molecule has 2 amide bonds. The van der Waals surface area contributed by atoms with Gasteiger partial charge < -0.3 is 14.4 Å². The summed E-state index contributed by atoms with van der Waals surface area (Å²) in [6.45, 7) is 6.84. The van der Waals surface area contributed by atoms with E-state index in [0.717, 1.165) is 28.7 Å². The van der Waals surface area contributed by atoms with E-state index in [9.17, 15) is 9.59 Å². The van der Waals surface area contributed by atoms with Crippen LogP contribution in [-0.4, -0.2) is 68.3 Å². The third-order valence-electron chi connectivity index (χ3n) is 6.00. The predicted octanol–water partition coefficient (Wildman–Crippen LogP) is 3.65. The average molecular weight is 460 g/mol. The normalized spacial score (nSPS) is 17.7. The van der Waals surface area contributed by atoms with Crippen molar-refractivity contribution >= 4 is 34.9 Å². The molecule has 2 aliphatic rings. The van der Waals surface area contributed by atoms with Gasteiger partial charge in [-0.2, -0.15) is 0 Å². The summed E-state index contributed by atoms with van der Waals surface area (Å²) in [5.74, 6) is 1.97. The summed E-state index contributed by atoms with van der Waals surface area (Å²) in [6.07, 6.45) is 7.97. The number of piperazine rings is 1. The Morgan fingerprint density at radius 3 is 2.55 bits per heavy atom. The van der Waals surface area contributed by atoms with Crippen molar-refractivity contribution in [2.75, 3.05) is 31.9 Å². The number of hydrogen-bond donors (Lipinski definition) is 0. The number of nitrogens with zero attached hydrogens (tertiary/aromatic N) is 5. The van der Waals surface area contributed by atoms with Crippen LogP contribution in [0.1, 0.15) is 53.5 Å². The SMILES string of the molecule is C=CCn1c(SCC(=O)N2CCN(C(=O)c3cccs3)CC2)nnc1C1CCCCC1. The van der Waals surface area contributed by atoms with Crippen LogP contribution in [-0.2, 0) is 11.3 Å². The van der Waals surface area contributed by atoms with E-state index in [1.54, 1.807) is 0 Å². The van der Waals surface area contributed by atoms with Crippen LogP contribution in [0.15, 0.2) is 35.3 Å². The number of aromatic nitrogens is 3. The maximum absolute atomic E-state index is 12.8. The number of thiophene rings is 1. The lowest BCUT2D eigenvalue weighted by molar-refractivity contribution is -0.129. The first-order valence-corrected chi connectivity index (χ1v) is 12.8. The van der Waals surface area contributed by atoms with Gasteiger partial charge in [0.2, 0.25) is 5.91 Å². The molecule has 0 bridgehead atoms. The number of carbonyl (C=O) groups is 2. The van der Waals surface area contributed by atoms with Crippen LogP contribution in [0.2, 0.25) is 0 Å². The van der Waals surface area contributed by atoms with Crippen LogP contribution in [0.25, 0.3) is 0 Å². The highest BCUT2D eigenvalue weighted by molar-refractivity contribution is 7.99. The highest BCUT2D eigenvalue weighted by Crippen LogP contribution is 2.33. The van der Waals surface area contributed by atoms with Gasteiger partial charge in [-0.1, -0.05) is 43.2 Å². The molecule has 2 aromatic heterocycles. The molecule has 31 heavy (non-hydrogen) atoms. The zero-order valence-corrected chi connectivity index (χ0v) is 19.4. The number of thioether (sulfide) groups is 1. The molecule has 1 aliphatic carbocycles. The van der Waals surface area contributed by atoms with Crippen molar-refractivity contribution < 1.29 is 9.59 Å². The molecule has 0 atom stereocenters. The fraction of sp³-hybridized carbons (Fsp3) is 0.545. The second kappa shape index (κ2) is 10.5. The Labute approximate surface area is 191 Å². The molecular formula is C22H29N5O2S2. The first kappa shape index (κ1) is 22.1. The van der Waals surface area contributed by atoms with Crippen molar-refractivity contribution in [3.05, 3.63) is 40.9 Å². The third-order valence-corrected chi connectivity index (χ3v) is 7.81. The summed E-state index contributed by atoms with van der Waals surface area (Å²) in [4.78, 5) is 29.7. The van der Waals surface area contributed by atoms with Gasteiger partial charge in [0.1, 0.15) is 5.82 Å². The van der Waals surface area contributed by atoms with Crippen molar-refractivity contribution in [2.45, 2.75) is 49.7 Å². The van der Waals surface area contributed by atoms with Gasteiger partial charge in [-0.3, -0.25) is 9.59 Å². The van der Waals surface area contributed by atoms with Gasteiger partial charge in [0.15, 0.2) is 5.16 Å². The molecule has 1 aliphatic heterocycles. The average Bonchev–Trinajstić information content (AvgIpc) is 3.49. The van der Waals surface area contributed by atoms with Crippen molar-refractivity contribution in [2.24, 2.45) is 0 Å². The molecule has 1 saturated carbocycles. The fourth-order valence-electron chi connectivity index (χ4n) is 4.30. The number of amides is 2. The lowest BCUT2D eigenvalue weighted by Gasteiger charge is -2.34. The minimum Gasteiger partial charge on any atom is -0.338 e. The van der Waals surface area contributed by atoms with Gasteiger partial charge in [0.05, 0.1) is 10.6 Å². The van der Waals surface area contributed by atoms with Gasteiger partial charge in [-0.05, 0) is 24.3 Å². The van der Waals surface area contributed by atoms with Crippen LogP contribution < -0.4 is 0 Å². The van der Waals surface area contributed by atoms with Gasteiger partial charge in [-0.25, -0.2) is 0 Å². The molecule has 166 valence electrons. The maximum atomic E-state index is 12.8. The Balaban J connectivity index is 1.31. The van der Waals surface area contributed by atoms with Gasteiger partial charge in [0.25, 0.3) is 5.91 Å². The predicted molar refractivity (Wildman–Crippen MR) is 124 cm³/mol. The molecular weight excluding hydrogens is 430 g/mol. The first-order chi connectivity index (χ1) is 15.2. The van der Waals surface area contributed by atoms with E-state index < -0.39 is 0 Å². The van der Waals surface area contributed by atoms with Gasteiger partial charge in [-0.15, -0.1) is 28.1 Å². The van der Waals surface area contributed by atoms with Crippen LogP contribution >= 0.6 is 23.1 Å². The zero-order valence-electron chi connectivity index (χ0n) is 17.7. The van der Waals surface area contributed by atoms with E-state index in [2.05, 4.69) is 21.3 Å². The summed E-state index contributed by atoms with van der Waals surface area (Å²) >= 11 is 2.91. The zero-order chi connectivity index (χ0) is 21.6.